The van der Waals surface area contributed by atoms with Crippen LogP contribution in [0.1, 0.15) is 67.2 Å². The highest BCUT2D eigenvalue weighted by Crippen LogP contribution is 2.28. The molecule has 0 spiro atoms. The van der Waals surface area contributed by atoms with Crippen LogP contribution in [-0.2, 0) is 0 Å². The van der Waals surface area contributed by atoms with E-state index < -0.39 is 0 Å². The van der Waals surface area contributed by atoms with Crippen LogP contribution >= 0.6 is 0 Å². The van der Waals surface area contributed by atoms with Crippen LogP contribution in [0.2, 0.25) is 0 Å². The molecule has 2 unspecified atom stereocenters. The summed E-state index contributed by atoms with van der Waals surface area (Å²) in [7, 11) is 10.1. The molecule has 174 valence electrons. The highest BCUT2D eigenvalue weighted by Gasteiger charge is 2.28. The van der Waals surface area contributed by atoms with Gasteiger partial charge in [-0.3, -0.25) is 0 Å². The topological polar surface area (TPSA) is 56.6 Å². The van der Waals surface area contributed by atoms with Gasteiger partial charge in [0.15, 0.2) is 0 Å². The quantitative estimate of drug-likeness (QED) is 0.634. The zero-order valence-electron chi connectivity index (χ0n) is 21.5. The van der Waals surface area contributed by atoms with Gasteiger partial charge in [0.1, 0.15) is 0 Å². The van der Waals surface area contributed by atoms with Crippen LogP contribution in [0.3, 0.4) is 0 Å². The van der Waals surface area contributed by atoms with E-state index in [1.165, 1.54) is 72.0 Å². The van der Waals surface area contributed by atoms with Gasteiger partial charge in [0.25, 0.3) is 0 Å². The molecule has 0 aliphatic carbocycles. The Morgan fingerprint density at radius 3 is 1.14 bits per heavy atom. The number of nitrogens with zero attached hydrogens (tertiary/aromatic N) is 2. The van der Waals surface area contributed by atoms with Crippen LogP contribution in [0.15, 0.2) is 0 Å². The van der Waals surface area contributed by atoms with E-state index in [9.17, 15) is 0 Å². The standard InChI is InChI=1S/2C9H20N2.2C2H6.CH5N/c2*1-9(4-6-10-8-9)5-7-11(2)3;3*1-2/h2*10H,4-8H2,1-3H3;2*1-2H3;2H2,1H3. The van der Waals surface area contributed by atoms with Crippen molar-refractivity contribution in [2.75, 3.05) is 74.5 Å². The molecule has 0 aromatic rings. The van der Waals surface area contributed by atoms with Crippen LogP contribution in [0.25, 0.3) is 0 Å². The van der Waals surface area contributed by atoms with Crippen molar-refractivity contribution >= 4 is 0 Å². The molecule has 0 radical (unpaired) electrons. The van der Waals surface area contributed by atoms with Gasteiger partial charge in [0, 0.05) is 13.1 Å². The van der Waals surface area contributed by atoms with E-state index in [0.717, 1.165) is 0 Å². The Labute approximate surface area is 179 Å². The lowest BCUT2D eigenvalue weighted by Gasteiger charge is -2.24. The number of rotatable bonds is 6. The summed E-state index contributed by atoms with van der Waals surface area (Å²) in [5, 5.41) is 6.84. The first-order valence-corrected chi connectivity index (χ1v) is 11.5. The van der Waals surface area contributed by atoms with Gasteiger partial charge in [-0.1, -0.05) is 41.5 Å². The second kappa shape index (κ2) is 20.1. The molecule has 2 fully saturated rings. The molecule has 2 atom stereocenters. The average Bonchev–Trinajstić information content (AvgIpc) is 3.34. The largest absolute Gasteiger partial charge is 0.333 e. The Morgan fingerprint density at radius 2 is 0.964 bits per heavy atom. The Bertz CT molecular complexity index is 263. The zero-order chi connectivity index (χ0) is 22.6. The van der Waals surface area contributed by atoms with Gasteiger partial charge in [0.05, 0.1) is 0 Å². The van der Waals surface area contributed by atoms with Crippen LogP contribution in [-0.4, -0.2) is 84.3 Å². The minimum Gasteiger partial charge on any atom is -0.333 e. The van der Waals surface area contributed by atoms with Gasteiger partial charge in [-0.05, 0) is 97.9 Å². The predicted molar refractivity (Wildman–Crippen MR) is 130 cm³/mol. The third kappa shape index (κ3) is 17.9. The highest BCUT2D eigenvalue weighted by atomic mass is 15.1. The van der Waals surface area contributed by atoms with Crippen molar-refractivity contribution in [1.29, 1.82) is 0 Å². The van der Waals surface area contributed by atoms with Gasteiger partial charge >= 0.3 is 0 Å². The van der Waals surface area contributed by atoms with Crippen LogP contribution in [0.5, 0.6) is 0 Å². The van der Waals surface area contributed by atoms with Crippen molar-refractivity contribution in [1.82, 2.24) is 20.4 Å². The van der Waals surface area contributed by atoms with Crippen molar-refractivity contribution in [3.05, 3.63) is 0 Å². The molecule has 0 aromatic heterocycles. The summed E-state index contributed by atoms with van der Waals surface area (Å²) >= 11 is 0. The van der Waals surface area contributed by atoms with E-state index in [-0.39, 0.29) is 0 Å². The third-order valence-electron chi connectivity index (χ3n) is 5.24. The smallest absolute Gasteiger partial charge is 0.000612 e. The Balaban J connectivity index is -0.000000352. The monoisotopic (exact) mass is 403 g/mol. The van der Waals surface area contributed by atoms with Gasteiger partial charge in [-0.2, -0.15) is 0 Å². The molecule has 0 saturated carbocycles. The maximum Gasteiger partial charge on any atom is 0.000612 e. The first-order chi connectivity index (χ1) is 13.2. The maximum atomic E-state index is 4.50. The molecule has 2 heterocycles. The first kappa shape index (κ1) is 32.5. The van der Waals surface area contributed by atoms with Crippen molar-refractivity contribution in [3.8, 4) is 0 Å². The van der Waals surface area contributed by atoms with E-state index in [1.54, 1.807) is 0 Å². The number of nitrogens with two attached hydrogens (primary N) is 1. The van der Waals surface area contributed by atoms with E-state index in [1.807, 2.05) is 27.7 Å². The van der Waals surface area contributed by atoms with Crippen molar-refractivity contribution in [3.63, 3.8) is 0 Å². The molecule has 2 saturated heterocycles. The van der Waals surface area contributed by atoms with E-state index in [0.29, 0.717) is 10.8 Å². The summed E-state index contributed by atoms with van der Waals surface area (Å²) in [6, 6.07) is 0. The summed E-state index contributed by atoms with van der Waals surface area (Å²) in [5.74, 6) is 0. The number of hydrogen-bond donors (Lipinski definition) is 3. The molecule has 5 nitrogen and oxygen atoms in total. The molecule has 0 bridgehead atoms. The lowest BCUT2D eigenvalue weighted by atomic mass is 9.86. The van der Waals surface area contributed by atoms with Gasteiger partial charge in [-0.15, -0.1) is 0 Å². The zero-order valence-corrected chi connectivity index (χ0v) is 21.5. The molecular weight excluding hydrogens is 346 g/mol. The SMILES string of the molecule is CC.CC.CN.CN(C)CCC1(C)CCNC1.CN(C)CCC1(C)CCNC1. The number of nitrogens with one attached hydrogen (secondary N) is 2. The second-order valence-corrected chi connectivity index (χ2v) is 8.58. The first-order valence-electron chi connectivity index (χ1n) is 11.5. The third-order valence-corrected chi connectivity index (χ3v) is 5.24. The Kier molecular flexibility index (Phi) is 23.3. The molecule has 28 heavy (non-hydrogen) atoms. The Morgan fingerprint density at radius 1 is 0.679 bits per heavy atom. The molecule has 0 aromatic carbocycles. The molecule has 2 rings (SSSR count). The van der Waals surface area contributed by atoms with Gasteiger partial charge in [-0.25, -0.2) is 0 Å². The van der Waals surface area contributed by atoms with Crippen LogP contribution < -0.4 is 16.4 Å². The fourth-order valence-electron chi connectivity index (χ4n) is 3.15. The van der Waals surface area contributed by atoms with E-state index in [4.69, 9.17) is 0 Å². The average molecular weight is 404 g/mol. The van der Waals surface area contributed by atoms with Crippen LogP contribution in [0, 0.1) is 10.8 Å². The fourth-order valence-corrected chi connectivity index (χ4v) is 3.15. The normalized spacial score (nSPS) is 25.5. The molecule has 0 amide bonds. The summed E-state index contributed by atoms with van der Waals surface area (Å²) in [4.78, 5) is 4.53. The lowest BCUT2D eigenvalue weighted by Crippen LogP contribution is -2.25. The summed E-state index contributed by atoms with van der Waals surface area (Å²) in [6.45, 7) is 20.1. The van der Waals surface area contributed by atoms with E-state index in [2.05, 4.69) is 68.2 Å². The molecule has 5 heteroatoms. The minimum absolute atomic E-state index is 0.574. The lowest BCUT2D eigenvalue weighted by molar-refractivity contribution is 0.274. The van der Waals surface area contributed by atoms with E-state index >= 15 is 0 Å². The second-order valence-electron chi connectivity index (χ2n) is 8.58. The van der Waals surface area contributed by atoms with Gasteiger partial charge < -0.3 is 26.2 Å². The van der Waals surface area contributed by atoms with Crippen molar-refractivity contribution in [2.45, 2.75) is 67.2 Å². The Hall–Kier alpha value is -0.200. The van der Waals surface area contributed by atoms with Crippen molar-refractivity contribution < 1.29 is 0 Å². The number of hydrogen-bond acceptors (Lipinski definition) is 5. The van der Waals surface area contributed by atoms with Gasteiger partial charge in [0.2, 0.25) is 0 Å². The molecular formula is C23H57N5. The fraction of sp³-hybridized carbons (Fsp3) is 1.00. The summed E-state index contributed by atoms with van der Waals surface area (Å²) in [6.07, 6.45) is 5.35. The van der Waals surface area contributed by atoms with Crippen molar-refractivity contribution in [2.24, 2.45) is 16.6 Å². The van der Waals surface area contributed by atoms with Crippen LogP contribution in [0.4, 0.5) is 0 Å². The highest BCUT2D eigenvalue weighted by molar-refractivity contribution is 4.84. The molecule has 2 aliphatic rings. The summed E-state index contributed by atoms with van der Waals surface area (Å²) < 4.78 is 0. The molecule has 2 aliphatic heterocycles. The summed E-state index contributed by atoms with van der Waals surface area (Å²) in [5.41, 5.74) is 5.65. The minimum atomic E-state index is 0.574. The maximum absolute atomic E-state index is 4.50. The predicted octanol–water partition coefficient (Wildman–Crippen LogP) is 3.50. The molecule has 4 N–H and O–H groups in total.